The van der Waals surface area contributed by atoms with Crippen LogP contribution in [0.2, 0.25) is 0 Å². The third-order valence-electron chi connectivity index (χ3n) is 3.49. The van der Waals surface area contributed by atoms with Gasteiger partial charge in [0.15, 0.2) is 6.29 Å². The van der Waals surface area contributed by atoms with E-state index >= 15 is 0 Å². The summed E-state index contributed by atoms with van der Waals surface area (Å²) in [6, 6.07) is 7.69. The number of ether oxygens (including phenoxy) is 1. The molecular weight excluding hydrogens is 242 g/mol. The third-order valence-corrected chi connectivity index (χ3v) is 3.49. The number of para-hydroxylation sites is 1. The number of fused-ring (bicyclic) bond motifs is 3. The summed E-state index contributed by atoms with van der Waals surface area (Å²) >= 11 is 0. The van der Waals surface area contributed by atoms with Gasteiger partial charge in [-0.1, -0.05) is 24.3 Å². The summed E-state index contributed by atoms with van der Waals surface area (Å²) in [6.45, 7) is 0.768. The molecule has 0 aliphatic carbocycles. The molecule has 0 radical (unpaired) electrons. The average molecular weight is 255 g/mol. The van der Waals surface area contributed by atoms with E-state index in [1.807, 2.05) is 34.9 Å². The number of esters is 1. The molecule has 2 aromatic rings. The Bertz CT molecular complexity index is 709. The van der Waals surface area contributed by atoms with Crippen LogP contribution in [-0.4, -0.2) is 23.9 Å². The van der Waals surface area contributed by atoms with Crippen molar-refractivity contribution in [1.29, 1.82) is 0 Å². The number of nitrogens with zero attached hydrogens (tertiary/aromatic N) is 1. The fourth-order valence-corrected chi connectivity index (χ4v) is 2.70. The Labute approximate surface area is 110 Å². The van der Waals surface area contributed by atoms with Gasteiger partial charge in [-0.2, -0.15) is 0 Å². The maximum Gasteiger partial charge on any atom is 0.339 e. The van der Waals surface area contributed by atoms with E-state index in [-0.39, 0.29) is 0 Å². The van der Waals surface area contributed by atoms with E-state index in [0.29, 0.717) is 16.8 Å². The Hall–Kier alpha value is -2.36. The van der Waals surface area contributed by atoms with Gasteiger partial charge in [0.05, 0.1) is 18.4 Å². The van der Waals surface area contributed by atoms with E-state index in [0.717, 1.165) is 30.2 Å². The summed E-state index contributed by atoms with van der Waals surface area (Å²) < 4.78 is 6.82. The van der Waals surface area contributed by atoms with Crippen LogP contribution >= 0.6 is 0 Å². The molecule has 96 valence electrons. The Morgan fingerprint density at radius 1 is 1.37 bits per heavy atom. The van der Waals surface area contributed by atoms with Gasteiger partial charge >= 0.3 is 5.97 Å². The van der Waals surface area contributed by atoms with Crippen LogP contribution in [0.3, 0.4) is 0 Å². The number of aromatic nitrogens is 1. The van der Waals surface area contributed by atoms with Crippen LogP contribution in [0, 0.1) is 0 Å². The minimum absolute atomic E-state index is 0.396. The van der Waals surface area contributed by atoms with Gasteiger partial charge in [-0.05, 0) is 12.5 Å². The van der Waals surface area contributed by atoms with Crippen LogP contribution in [0.1, 0.15) is 22.5 Å². The molecule has 1 aromatic carbocycles. The molecule has 1 aliphatic heterocycles. The predicted molar refractivity (Wildman–Crippen MR) is 71.9 cm³/mol. The molecule has 0 fully saturated rings. The molecule has 0 bridgehead atoms. The van der Waals surface area contributed by atoms with Crippen LogP contribution in [-0.2, 0) is 16.1 Å². The van der Waals surface area contributed by atoms with Gasteiger partial charge in [-0.25, -0.2) is 4.79 Å². The van der Waals surface area contributed by atoms with Crippen molar-refractivity contribution in [2.24, 2.45) is 0 Å². The smallest absolute Gasteiger partial charge is 0.339 e. The largest absolute Gasteiger partial charge is 0.465 e. The fourth-order valence-electron chi connectivity index (χ4n) is 2.70. The number of aldehydes is 1. The molecule has 0 saturated heterocycles. The zero-order valence-electron chi connectivity index (χ0n) is 10.6. The second kappa shape index (κ2) is 4.39. The lowest BCUT2D eigenvalue weighted by atomic mass is 10.0. The normalized spacial score (nSPS) is 13.8. The van der Waals surface area contributed by atoms with Crippen molar-refractivity contribution < 1.29 is 14.3 Å². The lowest BCUT2D eigenvalue weighted by Gasteiger charge is -2.16. The van der Waals surface area contributed by atoms with Crippen LogP contribution in [0.4, 0.5) is 0 Å². The van der Waals surface area contributed by atoms with Crippen molar-refractivity contribution in [3.05, 3.63) is 41.6 Å². The molecule has 0 spiro atoms. The standard InChI is InChI=1S/C15H13NO3/c1-19-15(18)11-6-4-8-16-13-7-3-2-5-10(13)12(9-17)14(11)16/h2-3,5-7,9H,4,8H2,1H3. The third kappa shape index (κ3) is 1.60. The summed E-state index contributed by atoms with van der Waals surface area (Å²) in [5.41, 5.74) is 2.70. The second-order valence-electron chi connectivity index (χ2n) is 4.45. The molecule has 1 aliphatic rings. The molecule has 0 atom stereocenters. The zero-order chi connectivity index (χ0) is 13.4. The maximum atomic E-state index is 11.9. The van der Waals surface area contributed by atoms with E-state index in [4.69, 9.17) is 4.74 Å². The minimum Gasteiger partial charge on any atom is -0.465 e. The quantitative estimate of drug-likeness (QED) is 0.611. The minimum atomic E-state index is -0.396. The Kier molecular flexibility index (Phi) is 2.71. The monoisotopic (exact) mass is 255 g/mol. The molecule has 0 unspecified atom stereocenters. The van der Waals surface area contributed by atoms with Crippen LogP contribution in [0.25, 0.3) is 16.5 Å². The van der Waals surface area contributed by atoms with Crippen molar-refractivity contribution in [1.82, 2.24) is 4.57 Å². The van der Waals surface area contributed by atoms with Gasteiger partial charge in [0.2, 0.25) is 0 Å². The predicted octanol–water partition coefficient (Wildman–Crippen LogP) is 2.41. The highest BCUT2D eigenvalue weighted by molar-refractivity contribution is 6.20. The summed E-state index contributed by atoms with van der Waals surface area (Å²) in [4.78, 5) is 23.3. The molecule has 0 amide bonds. The highest BCUT2D eigenvalue weighted by Crippen LogP contribution is 2.33. The van der Waals surface area contributed by atoms with E-state index in [1.54, 1.807) is 0 Å². The van der Waals surface area contributed by atoms with Crippen molar-refractivity contribution in [2.75, 3.05) is 7.11 Å². The molecule has 1 aromatic heterocycles. The van der Waals surface area contributed by atoms with Gasteiger partial charge in [0, 0.05) is 23.0 Å². The van der Waals surface area contributed by atoms with Gasteiger partial charge in [0.1, 0.15) is 0 Å². The van der Waals surface area contributed by atoms with Gasteiger partial charge in [-0.15, -0.1) is 0 Å². The van der Waals surface area contributed by atoms with Gasteiger partial charge in [0.25, 0.3) is 0 Å². The maximum absolute atomic E-state index is 11.9. The topological polar surface area (TPSA) is 48.3 Å². The lowest BCUT2D eigenvalue weighted by molar-refractivity contribution is -0.133. The molecule has 4 nitrogen and oxygen atoms in total. The second-order valence-corrected chi connectivity index (χ2v) is 4.45. The number of allylic oxidation sites excluding steroid dienone is 1. The number of aryl methyl sites for hydroxylation is 1. The number of rotatable bonds is 2. The summed E-state index contributed by atoms with van der Waals surface area (Å²) in [7, 11) is 1.35. The summed E-state index contributed by atoms with van der Waals surface area (Å²) in [5.74, 6) is -0.396. The molecular formula is C15H13NO3. The van der Waals surface area contributed by atoms with Crippen molar-refractivity contribution in [3.63, 3.8) is 0 Å². The number of hydrogen-bond acceptors (Lipinski definition) is 3. The number of hydrogen-bond donors (Lipinski definition) is 0. The van der Waals surface area contributed by atoms with E-state index in [1.165, 1.54) is 7.11 Å². The van der Waals surface area contributed by atoms with E-state index in [2.05, 4.69) is 0 Å². The number of carbonyl (C=O) groups is 2. The first-order valence-electron chi connectivity index (χ1n) is 6.13. The number of carbonyl (C=O) groups excluding carboxylic acids is 2. The van der Waals surface area contributed by atoms with Gasteiger partial charge < -0.3 is 9.30 Å². The molecule has 2 heterocycles. The molecule has 0 saturated carbocycles. The number of methoxy groups -OCH3 is 1. The van der Waals surface area contributed by atoms with Crippen molar-refractivity contribution in [3.8, 4) is 0 Å². The van der Waals surface area contributed by atoms with Crippen molar-refractivity contribution >= 4 is 28.7 Å². The highest BCUT2D eigenvalue weighted by atomic mass is 16.5. The van der Waals surface area contributed by atoms with Crippen molar-refractivity contribution in [2.45, 2.75) is 13.0 Å². The van der Waals surface area contributed by atoms with Gasteiger partial charge in [-0.3, -0.25) is 4.79 Å². The Morgan fingerprint density at radius 3 is 2.89 bits per heavy atom. The van der Waals surface area contributed by atoms with E-state index < -0.39 is 5.97 Å². The summed E-state index contributed by atoms with van der Waals surface area (Å²) in [6.07, 6.45) is 3.41. The number of benzene rings is 1. The zero-order valence-corrected chi connectivity index (χ0v) is 10.6. The van der Waals surface area contributed by atoms with E-state index in [9.17, 15) is 9.59 Å². The average Bonchev–Trinajstić information content (AvgIpc) is 2.80. The molecule has 0 N–H and O–H groups in total. The SMILES string of the molecule is COC(=O)C1=CCCn2c1c(C=O)c1ccccc12. The van der Waals surface area contributed by atoms with Crippen LogP contribution in [0.5, 0.6) is 0 Å². The van der Waals surface area contributed by atoms with Crippen LogP contribution < -0.4 is 0 Å². The first-order valence-corrected chi connectivity index (χ1v) is 6.13. The molecule has 4 heteroatoms. The first-order chi connectivity index (χ1) is 9.27. The lowest BCUT2D eigenvalue weighted by Crippen LogP contribution is -2.15. The highest BCUT2D eigenvalue weighted by Gasteiger charge is 2.26. The first kappa shape index (κ1) is 11.7. The molecule has 3 rings (SSSR count). The Balaban J connectivity index is 2.36. The molecule has 19 heavy (non-hydrogen) atoms. The Morgan fingerprint density at radius 2 is 2.16 bits per heavy atom. The summed E-state index contributed by atoms with van der Waals surface area (Å²) in [5, 5.41) is 0.879. The fraction of sp³-hybridized carbons (Fsp3) is 0.200. The van der Waals surface area contributed by atoms with Crippen LogP contribution in [0.15, 0.2) is 30.3 Å².